The number of hydrogen-bond donors (Lipinski definition) is 1. The third-order valence-electron chi connectivity index (χ3n) is 4.81. The summed E-state index contributed by atoms with van der Waals surface area (Å²) in [4.78, 5) is 27.2. The lowest BCUT2D eigenvalue weighted by atomic mass is 10.0. The highest BCUT2D eigenvalue weighted by molar-refractivity contribution is 5.93. The minimum Gasteiger partial charge on any atom is -0.325 e. The van der Waals surface area contributed by atoms with Gasteiger partial charge in [0.05, 0.1) is 11.5 Å². The summed E-state index contributed by atoms with van der Waals surface area (Å²) in [5.41, 5.74) is 1.35. The van der Waals surface area contributed by atoms with Crippen molar-refractivity contribution in [2.45, 2.75) is 39.2 Å². The molecule has 25 heavy (non-hydrogen) atoms. The Balaban J connectivity index is 1.85. The molecule has 1 N–H and O–H groups in total. The number of nitrogens with one attached hydrogen (secondary N) is 1. The van der Waals surface area contributed by atoms with E-state index in [1.54, 1.807) is 13.0 Å². The van der Waals surface area contributed by atoms with Gasteiger partial charge in [0.2, 0.25) is 5.91 Å². The van der Waals surface area contributed by atoms with Gasteiger partial charge in [-0.25, -0.2) is 0 Å². The van der Waals surface area contributed by atoms with Gasteiger partial charge in [-0.3, -0.25) is 19.8 Å². The molecule has 1 amide bonds. The summed E-state index contributed by atoms with van der Waals surface area (Å²) < 4.78 is 0. The topological polar surface area (TPSA) is 78.7 Å². The second-order valence-electron chi connectivity index (χ2n) is 6.79. The maximum absolute atomic E-state index is 12.3. The summed E-state index contributed by atoms with van der Waals surface area (Å²) in [6, 6.07) is 4.91. The van der Waals surface area contributed by atoms with E-state index >= 15 is 0 Å². The van der Waals surface area contributed by atoms with Crippen LogP contribution in [0.3, 0.4) is 0 Å². The van der Waals surface area contributed by atoms with Gasteiger partial charge in [0, 0.05) is 23.9 Å². The zero-order valence-corrected chi connectivity index (χ0v) is 15.3. The number of rotatable bonds is 7. The van der Waals surface area contributed by atoms with E-state index in [4.69, 9.17) is 0 Å². The molecule has 0 bridgehead atoms. The van der Waals surface area contributed by atoms with Gasteiger partial charge in [0.25, 0.3) is 5.69 Å². The van der Waals surface area contributed by atoms with Crippen LogP contribution in [0.2, 0.25) is 0 Å². The van der Waals surface area contributed by atoms with E-state index in [0.29, 0.717) is 23.8 Å². The standard InChI is InChI=1S/C18H28N4O3/c1-4-9-21-10-7-15(8-11-21)20(3)13-18(23)19-17-6-5-16(22(24)25)12-14(17)2/h5-6,12,15H,4,7-11,13H2,1-3H3,(H,19,23). The van der Waals surface area contributed by atoms with Crippen molar-refractivity contribution in [3.05, 3.63) is 33.9 Å². The van der Waals surface area contributed by atoms with Crippen LogP contribution < -0.4 is 5.32 Å². The fourth-order valence-electron chi connectivity index (χ4n) is 3.35. The van der Waals surface area contributed by atoms with Gasteiger partial charge in [0.1, 0.15) is 0 Å². The van der Waals surface area contributed by atoms with Crippen molar-refractivity contribution in [3.8, 4) is 0 Å². The zero-order chi connectivity index (χ0) is 18.4. The molecule has 1 aliphatic rings. The number of carbonyl (C=O) groups is 1. The summed E-state index contributed by atoms with van der Waals surface area (Å²) in [5, 5.41) is 13.6. The van der Waals surface area contributed by atoms with Crippen LogP contribution in [0.5, 0.6) is 0 Å². The molecule has 0 atom stereocenters. The van der Waals surface area contributed by atoms with Crippen molar-refractivity contribution >= 4 is 17.3 Å². The molecule has 7 nitrogen and oxygen atoms in total. The molecule has 1 aliphatic heterocycles. The van der Waals surface area contributed by atoms with E-state index in [-0.39, 0.29) is 11.6 Å². The molecular weight excluding hydrogens is 320 g/mol. The third kappa shape index (κ3) is 5.51. The van der Waals surface area contributed by atoms with Crippen molar-refractivity contribution in [1.82, 2.24) is 9.80 Å². The summed E-state index contributed by atoms with van der Waals surface area (Å²) in [6.45, 7) is 7.61. The summed E-state index contributed by atoms with van der Waals surface area (Å²) in [5.74, 6) is -0.0876. The number of non-ortho nitro benzene ring substituents is 1. The SMILES string of the molecule is CCCN1CCC(N(C)CC(=O)Nc2ccc([N+](=O)[O-])cc2C)CC1. The molecule has 2 rings (SSSR count). The van der Waals surface area contributed by atoms with Crippen LogP contribution in [-0.2, 0) is 4.79 Å². The Morgan fingerprint density at radius 3 is 2.64 bits per heavy atom. The second kappa shape index (κ2) is 8.92. The van der Waals surface area contributed by atoms with Gasteiger partial charge in [-0.05, 0) is 64.5 Å². The van der Waals surface area contributed by atoms with Crippen LogP contribution in [0.15, 0.2) is 18.2 Å². The maximum atomic E-state index is 12.3. The maximum Gasteiger partial charge on any atom is 0.269 e. The van der Waals surface area contributed by atoms with Crippen molar-refractivity contribution in [3.63, 3.8) is 0 Å². The average molecular weight is 348 g/mol. The summed E-state index contributed by atoms with van der Waals surface area (Å²) >= 11 is 0. The lowest BCUT2D eigenvalue weighted by Crippen LogP contribution is -2.45. The van der Waals surface area contributed by atoms with Crippen LogP contribution in [0, 0.1) is 17.0 Å². The first-order valence-corrected chi connectivity index (χ1v) is 8.88. The first-order valence-electron chi connectivity index (χ1n) is 8.88. The number of hydrogen-bond acceptors (Lipinski definition) is 5. The molecule has 0 unspecified atom stereocenters. The molecule has 1 saturated heterocycles. The highest BCUT2D eigenvalue weighted by atomic mass is 16.6. The number of piperidine rings is 1. The molecule has 138 valence electrons. The van der Waals surface area contributed by atoms with Gasteiger partial charge < -0.3 is 10.2 Å². The first-order chi connectivity index (χ1) is 11.9. The molecule has 1 aromatic rings. The van der Waals surface area contributed by atoms with Crippen molar-refractivity contribution in [2.75, 3.05) is 38.5 Å². The second-order valence-corrected chi connectivity index (χ2v) is 6.79. The molecule has 1 fully saturated rings. The number of anilines is 1. The Morgan fingerprint density at radius 2 is 2.08 bits per heavy atom. The summed E-state index contributed by atoms with van der Waals surface area (Å²) in [6.07, 6.45) is 3.35. The van der Waals surface area contributed by atoms with Crippen LogP contribution in [0.1, 0.15) is 31.7 Å². The van der Waals surface area contributed by atoms with E-state index in [1.165, 1.54) is 18.6 Å². The lowest BCUT2D eigenvalue weighted by Gasteiger charge is -2.36. The monoisotopic (exact) mass is 348 g/mol. The van der Waals surface area contributed by atoms with E-state index in [2.05, 4.69) is 22.0 Å². The number of benzene rings is 1. The Kier molecular flexibility index (Phi) is 6.90. The lowest BCUT2D eigenvalue weighted by molar-refractivity contribution is -0.384. The fourth-order valence-corrected chi connectivity index (χ4v) is 3.35. The van der Waals surface area contributed by atoms with Crippen LogP contribution >= 0.6 is 0 Å². The van der Waals surface area contributed by atoms with Gasteiger partial charge in [-0.1, -0.05) is 6.92 Å². The fraction of sp³-hybridized carbons (Fsp3) is 0.611. The minimum atomic E-state index is -0.433. The molecular formula is C18H28N4O3. The van der Waals surface area contributed by atoms with Crippen LogP contribution in [0.4, 0.5) is 11.4 Å². The highest BCUT2D eigenvalue weighted by Crippen LogP contribution is 2.21. The molecule has 0 aliphatic carbocycles. The molecule has 0 spiro atoms. The first kappa shape index (κ1) is 19.3. The number of likely N-dealkylation sites (tertiary alicyclic amines) is 1. The van der Waals surface area contributed by atoms with E-state index in [1.807, 2.05) is 7.05 Å². The largest absolute Gasteiger partial charge is 0.325 e. The predicted octanol–water partition coefficient (Wildman–Crippen LogP) is 2.65. The normalized spacial score (nSPS) is 16.2. The van der Waals surface area contributed by atoms with E-state index in [9.17, 15) is 14.9 Å². The van der Waals surface area contributed by atoms with Crippen molar-refractivity contribution in [2.24, 2.45) is 0 Å². The third-order valence-corrected chi connectivity index (χ3v) is 4.81. The van der Waals surface area contributed by atoms with E-state index in [0.717, 1.165) is 32.5 Å². The molecule has 7 heteroatoms. The predicted molar refractivity (Wildman–Crippen MR) is 98.8 cm³/mol. The molecule has 0 aromatic heterocycles. The average Bonchev–Trinajstić information content (AvgIpc) is 2.57. The number of likely N-dealkylation sites (N-methyl/N-ethyl adjacent to an activating group) is 1. The number of aryl methyl sites for hydroxylation is 1. The smallest absolute Gasteiger partial charge is 0.269 e. The Morgan fingerprint density at radius 1 is 1.40 bits per heavy atom. The number of nitro groups is 1. The van der Waals surface area contributed by atoms with E-state index < -0.39 is 4.92 Å². The van der Waals surface area contributed by atoms with Gasteiger partial charge in [0.15, 0.2) is 0 Å². The Bertz CT molecular complexity index is 612. The van der Waals surface area contributed by atoms with Crippen molar-refractivity contribution < 1.29 is 9.72 Å². The van der Waals surface area contributed by atoms with Crippen molar-refractivity contribution in [1.29, 1.82) is 0 Å². The number of amides is 1. The molecule has 0 radical (unpaired) electrons. The van der Waals surface area contributed by atoms with Crippen LogP contribution in [0.25, 0.3) is 0 Å². The highest BCUT2D eigenvalue weighted by Gasteiger charge is 2.23. The Hall–Kier alpha value is -1.99. The van der Waals surface area contributed by atoms with Gasteiger partial charge in [-0.15, -0.1) is 0 Å². The minimum absolute atomic E-state index is 0.0338. The summed E-state index contributed by atoms with van der Waals surface area (Å²) in [7, 11) is 1.99. The van der Waals surface area contributed by atoms with Gasteiger partial charge >= 0.3 is 0 Å². The molecule has 1 heterocycles. The molecule has 0 saturated carbocycles. The quantitative estimate of drug-likeness (QED) is 0.605. The number of carbonyl (C=O) groups excluding carboxylic acids is 1. The zero-order valence-electron chi connectivity index (χ0n) is 15.3. The number of nitro benzene ring substituents is 1. The Labute approximate surface area is 149 Å². The van der Waals surface area contributed by atoms with Crippen LogP contribution in [-0.4, -0.2) is 59.9 Å². The molecule has 1 aromatic carbocycles. The van der Waals surface area contributed by atoms with Gasteiger partial charge in [-0.2, -0.15) is 0 Å². The number of nitrogens with zero attached hydrogens (tertiary/aromatic N) is 3.